The average molecular weight is 319 g/mol. The normalized spacial score (nSPS) is 25.2. The Kier molecular flexibility index (Phi) is 5.57. The Morgan fingerprint density at radius 2 is 2.09 bits per heavy atom. The number of morpholine rings is 1. The van der Waals surface area contributed by atoms with Gasteiger partial charge in [0.15, 0.2) is 0 Å². The highest BCUT2D eigenvalue weighted by molar-refractivity contribution is 5.35. The molecule has 0 amide bonds. The van der Waals surface area contributed by atoms with Crippen molar-refractivity contribution in [1.29, 1.82) is 0 Å². The fraction of sp³-hybridized carbons (Fsp3) is 0.684. The second-order valence-corrected chi connectivity index (χ2v) is 6.75. The average Bonchev–Trinajstić information content (AvgIpc) is 3.13. The van der Waals surface area contributed by atoms with Crippen molar-refractivity contribution in [3.05, 3.63) is 29.8 Å². The molecular weight excluding hydrogens is 290 g/mol. The Hall–Kier alpha value is -1.10. The van der Waals surface area contributed by atoms with Gasteiger partial charge in [0.25, 0.3) is 0 Å². The maximum atomic E-state index is 11.7. The van der Waals surface area contributed by atoms with Gasteiger partial charge in [-0.05, 0) is 37.3 Å². The molecular formula is C19H29NO3. The van der Waals surface area contributed by atoms with Gasteiger partial charge >= 0.3 is 0 Å². The zero-order valence-electron chi connectivity index (χ0n) is 14.1. The summed E-state index contributed by atoms with van der Waals surface area (Å²) in [6, 6.07) is 8.07. The molecule has 2 N–H and O–H groups in total. The van der Waals surface area contributed by atoms with Crippen molar-refractivity contribution in [2.45, 2.75) is 50.7 Å². The van der Waals surface area contributed by atoms with Gasteiger partial charge in [-0.1, -0.05) is 31.0 Å². The first kappa shape index (κ1) is 16.7. The molecule has 23 heavy (non-hydrogen) atoms. The van der Waals surface area contributed by atoms with E-state index in [9.17, 15) is 5.11 Å². The van der Waals surface area contributed by atoms with Crippen molar-refractivity contribution < 1.29 is 14.6 Å². The first-order chi connectivity index (χ1) is 11.2. The summed E-state index contributed by atoms with van der Waals surface area (Å²) in [5.41, 5.74) is 0.259. The molecule has 128 valence electrons. The van der Waals surface area contributed by atoms with Crippen molar-refractivity contribution >= 4 is 0 Å². The Bertz CT molecular complexity index is 495. The number of para-hydroxylation sites is 1. The number of aliphatic hydroxyl groups is 1. The van der Waals surface area contributed by atoms with Crippen molar-refractivity contribution in [1.82, 2.24) is 5.32 Å². The summed E-state index contributed by atoms with van der Waals surface area (Å²) < 4.78 is 11.7. The Morgan fingerprint density at radius 3 is 2.78 bits per heavy atom. The molecule has 2 atom stereocenters. The van der Waals surface area contributed by atoms with Gasteiger partial charge in [0, 0.05) is 19.5 Å². The van der Waals surface area contributed by atoms with Gasteiger partial charge < -0.3 is 19.9 Å². The number of benzene rings is 1. The van der Waals surface area contributed by atoms with E-state index in [1.807, 2.05) is 25.1 Å². The van der Waals surface area contributed by atoms with E-state index in [0.29, 0.717) is 25.6 Å². The molecule has 4 heteroatoms. The Balaban J connectivity index is 1.86. The van der Waals surface area contributed by atoms with Gasteiger partial charge in [0.2, 0.25) is 0 Å². The molecule has 2 aliphatic rings. The molecule has 1 heterocycles. The number of rotatable bonds is 6. The SMILES string of the molecule is CCOc1ccccc1CC(O)(C1CCCC1)C1CNCCO1. The van der Waals surface area contributed by atoms with E-state index in [2.05, 4.69) is 11.4 Å². The highest BCUT2D eigenvalue weighted by Gasteiger charge is 2.46. The van der Waals surface area contributed by atoms with Crippen molar-refractivity contribution in [3.63, 3.8) is 0 Å². The Morgan fingerprint density at radius 1 is 1.30 bits per heavy atom. The largest absolute Gasteiger partial charge is 0.494 e. The fourth-order valence-corrected chi connectivity index (χ4v) is 4.08. The molecule has 1 saturated heterocycles. The molecule has 1 aromatic carbocycles. The van der Waals surface area contributed by atoms with E-state index < -0.39 is 5.60 Å². The third-order valence-electron chi connectivity index (χ3n) is 5.29. The zero-order chi connectivity index (χ0) is 16.1. The summed E-state index contributed by atoms with van der Waals surface area (Å²) in [5, 5.41) is 15.0. The van der Waals surface area contributed by atoms with E-state index in [1.165, 1.54) is 12.8 Å². The minimum absolute atomic E-state index is 0.144. The van der Waals surface area contributed by atoms with Crippen LogP contribution in [0.4, 0.5) is 0 Å². The standard InChI is InChI=1S/C19H29NO3/c1-2-22-17-10-6-3-7-15(17)13-19(21,16-8-4-5-9-16)18-14-20-11-12-23-18/h3,6-7,10,16,18,20-21H,2,4-5,8-9,11-14H2,1H3. The van der Waals surface area contributed by atoms with Crippen LogP contribution in [-0.4, -0.2) is 43.1 Å². The lowest BCUT2D eigenvalue weighted by Gasteiger charge is -2.43. The number of nitrogens with one attached hydrogen (secondary N) is 1. The fourth-order valence-electron chi connectivity index (χ4n) is 4.08. The minimum atomic E-state index is -0.822. The van der Waals surface area contributed by atoms with E-state index in [4.69, 9.17) is 9.47 Å². The molecule has 4 nitrogen and oxygen atoms in total. The molecule has 1 saturated carbocycles. The third-order valence-corrected chi connectivity index (χ3v) is 5.29. The van der Waals surface area contributed by atoms with Crippen LogP contribution in [0.15, 0.2) is 24.3 Å². The molecule has 3 rings (SSSR count). The van der Waals surface area contributed by atoms with Gasteiger partial charge in [-0.25, -0.2) is 0 Å². The lowest BCUT2D eigenvalue weighted by molar-refractivity contribution is -0.147. The lowest BCUT2D eigenvalue weighted by Crippen LogP contribution is -2.57. The summed E-state index contributed by atoms with van der Waals surface area (Å²) in [6.07, 6.45) is 5.05. The summed E-state index contributed by atoms with van der Waals surface area (Å²) in [5.74, 6) is 1.19. The van der Waals surface area contributed by atoms with Crippen LogP contribution in [0.2, 0.25) is 0 Å². The molecule has 0 bridgehead atoms. The maximum Gasteiger partial charge on any atom is 0.122 e. The van der Waals surface area contributed by atoms with Gasteiger partial charge in [0.05, 0.1) is 24.9 Å². The van der Waals surface area contributed by atoms with Gasteiger partial charge in [-0.3, -0.25) is 0 Å². The first-order valence-electron chi connectivity index (χ1n) is 8.99. The first-order valence-corrected chi connectivity index (χ1v) is 8.99. The van der Waals surface area contributed by atoms with E-state index in [0.717, 1.165) is 37.2 Å². The quantitative estimate of drug-likeness (QED) is 0.846. The highest BCUT2D eigenvalue weighted by atomic mass is 16.5. The van der Waals surface area contributed by atoms with Crippen LogP contribution in [0.3, 0.4) is 0 Å². The van der Waals surface area contributed by atoms with Gasteiger partial charge in [-0.15, -0.1) is 0 Å². The zero-order valence-corrected chi connectivity index (χ0v) is 14.1. The molecule has 1 aliphatic heterocycles. The maximum absolute atomic E-state index is 11.7. The van der Waals surface area contributed by atoms with Crippen LogP contribution in [0.5, 0.6) is 5.75 Å². The molecule has 0 aromatic heterocycles. The minimum Gasteiger partial charge on any atom is -0.494 e. The summed E-state index contributed by atoms with van der Waals surface area (Å²) >= 11 is 0. The van der Waals surface area contributed by atoms with Crippen LogP contribution >= 0.6 is 0 Å². The summed E-state index contributed by atoms with van der Waals surface area (Å²) in [6.45, 7) is 4.90. The molecule has 1 aromatic rings. The lowest BCUT2D eigenvalue weighted by atomic mass is 9.76. The van der Waals surface area contributed by atoms with Crippen LogP contribution in [0, 0.1) is 5.92 Å². The summed E-state index contributed by atoms with van der Waals surface area (Å²) in [4.78, 5) is 0. The van der Waals surface area contributed by atoms with E-state index in [-0.39, 0.29) is 6.10 Å². The number of hydrogen-bond donors (Lipinski definition) is 2. The predicted octanol–water partition coefficient (Wildman–Crippen LogP) is 2.54. The van der Waals surface area contributed by atoms with E-state index in [1.54, 1.807) is 0 Å². The number of ether oxygens (including phenoxy) is 2. The predicted molar refractivity (Wildman–Crippen MR) is 90.8 cm³/mol. The van der Waals surface area contributed by atoms with Crippen molar-refractivity contribution in [2.24, 2.45) is 5.92 Å². The van der Waals surface area contributed by atoms with Crippen LogP contribution in [0.25, 0.3) is 0 Å². The number of hydrogen-bond acceptors (Lipinski definition) is 4. The molecule has 2 unspecified atom stereocenters. The molecule has 0 spiro atoms. The monoisotopic (exact) mass is 319 g/mol. The molecule has 0 radical (unpaired) electrons. The van der Waals surface area contributed by atoms with E-state index >= 15 is 0 Å². The molecule has 2 fully saturated rings. The van der Waals surface area contributed by atoms with Gasteiger partial charge in [0.1, 0.15) is 5.75 Å². The Labute approximate surface area is 139 Å². The topological polar surface area (TPSA) is 50.7 Å². The molecule has 1 aliphatic carbocycles. The van der Waals surface area contributed by atoms with Crippen LogP contribution in [-0.2, 0) is 11.2 Å². The second kappa shape index (κ2) is 7.65. The highest BCUT2D eigenvalue weighted by Crippen LogP contribution is 2.40. The van der Waals surface area contributed by atoms with Crippen molar-refractivity contribution in [2.75, 3.05) is 26.3 Å². The second-order valence-electron chi connectivity index (χ2n) is 6.75. The summed E-state index contributed by atoms with van der Waals surface area (Å²) in [7, 11) is 0. The van der Waals surface area contributed by atoms with Crippen LogP contribution < -0.4 is 10.1 Å². The van der Waals surface area contributed by atoms with Gasteiger partial charge in [-0.2, -0.15) is 0 Å². The smallest absolute Gasteiger partial charge is 0.122 e. The van der Waals surface area contributed by atoms with Crippen molar-refractivity contribution in [3.8, 4) is 5.75 Å². The van der Waals surface area contributed by atoms with Crippen LogP contribution in [0.1, 0.15) is 38.2 Å². The third kappa shape index (κ3) is 3.70.